The molecule has 1 aromatic carbocycles. The smallest absolute Gasteiger partial charge is 0.254 e. The summed E-state index contributed by atoms with van der Waals surface area (Å²) in [7, 11) is 0. The number of carbonyl (C=O) groups excluding carboxylic acids is 2. The summed E-state index contributed by atoms with van der Waals surface area (Å²) >= 11 is 0. The van der Waals surface area contributed by atoms with Crippen LogP contribution in [0.15, 0.2) is 30.4 Å². The molecule has 0 aromatic heterocycles. The van der Waals surface area contributed by atoms with Crippen molar-refractivity contribution in [2.24, 2.45) is 0 Å². The summed E-state index contributed by atoms with van der Waals surface area (Å²) in [5.74, 6) is 0.266. The van der Waals surface area contributed by atoms with Crippen molar-refractivity contribution in [2.45, 2.75) is 32.4 Å². The highest BCUT2D eigenvalue weighted by Crippen LogP contribution is 2.46. The molecular weight excluding hydrogens is 282 g/mol. The lowest BCUT2D eigenvalue weighted by Crippen LogP contribution is -2.33. The van der Waals surface area contributed by atoms with E-state index in [2.05, 4.69) is 0 Å². The first-order chi connectivity index (χ1) is 10.7. The molecule has 1 heterocycles. The van der Waals surface area contributed by atoms with Crippen LogP contribution in [0.3, 0.4) is 0 Å². The van der Waals surface area contributed by atoms with Crippen molar-refractivity contribution in [1.29, 1.82) is 0 Å². The summed E-state index contributed by atoms with van der Waals surface area (Å²) in [6.45, 7) is 5.04. The minimum absolute atomic E-state index is 0.119. The standard InChI is InChI=1S/C17H19NO4/c1-3-21-11-5-6-12-13(9-11)15(22-4-2)10-14(12)18-16(19)7-8-17(18)20/h5-9,14-15H,3-4,10H2,1-2H3/t14-,15-/m0/s1. The summed E-state index contributed by atoms with van der Waals surface area (Å²) in [6.07, 6.45) is 3.12. The van der Waals surface area contributed by atoms with Gasteiger partial charge in [-0.15, -0.1) is 0 Å². The molecule has 0 spiro atoms. The van der Waals surface area contributed by atoms with Crippen LogP contribution < -0.4 is 4.74 Å². The van der Waals surface area contributed by atoms with Crippen molar-refractivity contribution in [3.63, 3.8) is 0 Å². The highest BCUT2D eigenvalue weighted by atomic mass is 16.5. The lowest BCUT2D eigenvalue weighted by Gasteiger charge is -2.23. The second-order valence-corrected chi connectivity index (χ2v) is 5.30. The van der Waals surface area contributed by atoms with E-state index in [9.17, 15) is 9.59 Å². The van der Waals surface area contributed by atoms with E-state index in [4.69, 9.17) is 9.47 Å². The Morgan fingerprint density at radius 1 is 1.09 bits per heavy atom. The van der Waals surface area contributed by atoms with Crippen LogP contribution in [-0.4, -0.2) is 29.9 Å². The van der Waals surface area contributed by atoms with Crippen molar-refractivity contribution < 1.29 is 19.1 Å². The molecule has 1 aliphatic heterocycles. The lowest BCUT2D eigenvalue weighted by molar-refractivity contribution is -0.140. The van der Waals surface area contributed by atoms with Crippen molar-refractivity contribution in [3.8, 4) is 5.75 Å². The molecule has 5 heteroatoms. The molecule has 1 aromatic rings. The van der Waals surface area contributed by atoms with Gasteiger partial charge in [0.25, 0.3) is 11.8 Å². The van der Waals surface area contributed by atoms with Crippen molar-refractivity contribution in [1.82, 2.24) is 4.90 Å². The maximum Gasteiger partial charge on any atom is 0.254 e. The van der Waals surface area contributed by atoms with Gasteiger partial charge in [-0.2, -0.15) is 0 Å². The van der Waals surface area contributed by atoms with Gasteiger partial charge in [0.05, 0.1) is 18.8 Å². The summed E-state index contributed by atoms with van der Waals surface area (Å²) in [6, 6.07) is 5.50. The number of ether oxygens (including phenoxy) is 2. The van der Waals surface area contributed by atoms with Crippen LogP contribution >= 0.6 is 0 Å². The first-order valence-electron chi connectivity index (χ1n) is 7.59. The molecule has 1 aliphatic carbocycles. The maximum atomic E-state index is 12.0. The lowest BCUT2D eigenvalue weighted by atomic mass is 10.1. The third-order valence-corrected chi connectivity index (χ3v) is 4.04. The predicted octanol–water partition coefficient (Wildman–Crippen LogP) is 2.53. The van der Waals surface area contributed by atoms with E-state index >= 15 is 0 Å². The second-order valence-electron chi connectivity index (χ2n) is 5.30. The minimum atomic E-state index is -0.266. The highest BCUT2D eigenvalue weighted by molar-refractivity contribution is 6.13. The number of rotatable bonds is 5. The van der Waals surface area contributed by atoms with Crippen molar-refractivity contribution in [2.75, 3.05) is 13.2 Å². The summed E-state index contributed by atoms with van der Waals surface area (Å²) in [4.78, 5) is 25.3. The van der Waals surface area contributed by atoms with E-state index in [1.807, 2.05) is 32.0 Å². The summed E-state index contributed by atoms with van der Waals surface area (Å²) < 4.78 is 11.3. The predicted molar refractivity (Wildman–Crippen MR) is 80.3 cm³/mol. The molecule has 22 heavy (non-hydrogen) atoms. The zero-order chi connectivity index (χ0) is 15.7. The van der Waals surface area contributed by atoms with Gasteiger partial charge >= 0.3 is 0 Å². The monoisotopic (exact) mass is 301 g/mol. The number of hydrogen-bond acceptors (Lipinski definition) is 4. The number of carbonyl (C=O) groups is 2. The molecule has 116 valence electrons. The topological polar surface area (TPSA) is 55.8 Å². The van der Waals surface area contributed by atoms with E-state index in [1.165, 1.54) is 17.1 Å². The molecule has 3 rings (SSSR count). The Labute approximate surface area is 129 Å². The van der Waals surface area contributed by atoms with Gasteiger partial charge in [-0.25, -0.2) is 0 Å². The van der Waals surface area contributed by atoms with E-state index in [0.29, 0.717) is 19.6 Å². The third kappa shape index (κ3) is 2.41. The fourth-order valence-electron chi connectivity index (χ4n) is 3.17. The molecule has 0 saturated carbocycles. The van der Waals surface area contributed by atoms with Gasteiger partial charge in [0.2, 0.25) is 0 Å². The molecule has 2 atom stereocenters. The van der Waals surface area contributed by atoms with Crippen LogP contribution in [0.4, 0.5) is 0 Å². The van der Waals surface area contributed by atoms with Crippen molar-refractivity contribution >= 4 is 11.8 Å². The molecule has 2 aliphatic rings. The van der Waals surface area contributed by atoms with E-state index in [1.54, 1.807) is 0 Å². The van der Waals surface area contributed by atoms with Gasteiger partial charge in [-0.05, 0) is 37.1 Å². The van der Waals surface area contributed by atoms with E-state index in [-0.39, 0.29) is 24.0 Å². The molecule has 0 fully saturated rings. The zero-order valence-corrected chi connectivity index (χ0v) is 12.7. The number of amides is 2. The Morgan fingerprint density at radius 3 is 2.45 bits per heavy atom. The second kappa shape index (κ2) is 5.93. The highest BCUT2D eigenvalue weighted by Gasteiger charge is 2.40. The first-order valence-corrected chi connectivity index (χ1v) is 7.59. The average molecular weight is 301 g/mol. The molecule has 0 N–H and O–H groups in total. The average Bonchev–Trinajstić information content (AvgIpc) is 3.01. The van der Waals surface area contributed by atoms with Gasteiger partial charge < -0.3 is 9.47 Å². The van der Waals surface area contributed by atoms with Crippen LogP contribution in [0.1, 0.15) is 43.5 Å². The van der Waals surface area contributed by atoms with Gasteiger partial charge in [0.15, 0.2) is 0 Å². The normalized spacial score (nSPS) is 23.3. The van der Waals surface area contributed by atoms with Crippen molar-refractivity contribution in [3.05, 3.63) is 41.5 Å². The Bertz CT molecular complexity index is 620. The summed E-state index contributed by atoms with van der Waals surface area (Å²) in [5.41, 5.74) is 1.97. The van der Waals surface area contributed by atoms with Crippen LogP contribution in [-0.2, 0) is 14.3 Å². The Hall–Kier alpha value is -2.14. The van der Waals surface area contributed by atoms with Gasteiger partial charge in [0.1, 0.15) is 5.75 Å². The largest absolute Gasteiger partial charge is 0.494 e. The van der Waals surface area contributed by atoms with Gasteiger partial charge in [-0.1, -0.05) is 6.07 Å². The van der Waals surface area contributed by atoms with Crippen LogP contribution in [0.2, 0.25) is 0 Å². The third-order valence-electron chi connectivity index (χ3n) is 4.04. The number of nitrogens with zero attached hydrogens (tertiary/aromatic N) is 1. The molecule has 0 unspecified atom stereocenters. The Balaban J connectivity index is 1.96. The SMILES string of the molecule is CCOc1ccc2c(c1)[C@@H](OCC)C[C@@H]2N1C(=O)C=CC1=O. The first kappa shape index (κ1) is 14.8. The van der Waals surface area contributed by atoms with Crippen LogP contribution in [0, 0.1) is 0 Å². The summed E-state index contributed by atoms with van der Waals surface area (Å²) in [5, 5.41) is 0. The molecular formula is C17H19NO4. The van der Waals surface area contributed by atoms with E-state index in [0.717, 1.165) is 16.9 Å². The van der Waals surface area contributed by atoms with Gasteiger partial charge in [0, 0.05) is 25.2 Å². The number of benzene rings is 1. The molecule has 0 saturated heterocycles. The minimum Gasteiger partial charge on any atom is -0.494 e. The Kier molecular flexibility index (Phi) is 3.98. The molecule has 2 amide bonds. The quantitative estimate of drug-likeness (QED) is 0.784. The zero-order valence-electron chi connectivity index (χ0n) is 12.7. The number of imide groups is 1. The molecule has 0 radical (unpaired) electrons. The maximum absolute atomic E-state index is 12.0. The fraction of sp³-hybridized carbons (Fsp3) is 0.412. The Morgan fingerprint density at radius 2 is 1.82 bits per heavy atom. The fourth-order valence-corrected chi connectivity index (χ4v) is 3.17. The number of hydrogen-bond donors (Lipinski definition) is 0. The molecule has 5 nitrogen and oxygen atoms in total. The van der Waals surface area contributed by atoms with Crippen LogP contribution in [0.5, 0.6) is 5.75 Å². The van der Waals surface area contributed by atoms with Crippen LogP contribution in [0.25, 0.3) is 0 Å². The van der Waals surface area contributed by atoms with E-state index < -0.39 is 0 Å². The number of fused-ring (bicyclic) bond motifs is 1. The van der Waals surface area contributed by atoms with Gasteiger partial charge in [-0.3, -0.25) is 14.5 Å². The molecule has 0 bridgehead atoms.